The molecule has 0 spiro atoms. The Morgan fingerprint density at radius 3 is 2.05 bits per heavy atom. The first-order valence-corrected chi connectivity index (χ1v) is 9.68. The van der Waals surface area contributed by atoms with Crippen LogP contribution in [0.1, 0.15) is 16.7 Å². The SMILES string of the molecule is Cc1cc(Br)cc(C)c1NS(=O)(=O)c1ccc(CBr)cc1. The fourth-order valence-corrected chi connectivity index (χ4v) is 4.29. The average molecular weight is 433 g/mol. The van der Waals surface area contributed by atoms with Crippen molar-refractivity contribution in [3.63, 3.8) is 0 Å². The van der Waals surface area contributed by atoms with Gasteiger partial charge >= 0.3 is 0 Å². The molecule has 0 aromatic heterocycles. The lowest BCUT2D eigenvalue weighted by atomic mass is 10.1. The first kappa shape index (κ1) is 16.5. The first-order valence-electron chi connectivity index (χ1n) is 6.28. The molecule has 0 aliphatic carbocycles. The quantitative estimate of drug-likeness (QED) is 0.707. The first-order chi connectivity index (χ1) is 9.83. The van der Waals surface area contributed by atoms with Crippen LogP contribution >= 0.6 is 31.9 Å². The molecule has 0 radical (unpaired) electrons. The molecule has 0 unspecified atom stereocenters. The Morgan fingerprint density at radius 1 is 1.05 bits per heavy atom. The third-order valence-corrected chi connectivity index (χ3v) is 5.59. The summed E-state index contributed by atoms with van der Waals surface area (Å²) in [5, 5.41) is 0.700. The molecule has 0 bridgehead atoms. The Labute approximate surface area is 142 Å². The summed E-state index contributed by atoms with van der Waals surface area (Å²) >= 11 is 6.75. The van der Waals surface area contributed by atoms with Gasteiger partial charge in [-0.1, -0.05) is 44.0 Å². The Morgan fingerprint density at radius 2 is 1.57 bits per heavy atom. The topological polar surface area (TPSA) is 46.2 Å². The number of alkyl halides is 1. The van der Waals surface area contributed by atoms with E-state index in [0.717, 1.165) is 21.2 Å². The Kier molecular flexibility index (Phi) is 5.11. The Hall–Kier alpha value is -0.850. The van der Waals surface area contributed by atoms with E-state index < -0.39 is 10.0 Å². The highest BCUT2D eigenvalue weighted by atomic mass is 79.9. The third kappa shape index (κ3) is 3.87. The summed E-state index contributed by atoms with van der Waals surface area (Å²) in [4.78, 5) is 0.258. The molecule has 0 aliphatic rings. The number of aryl methyl sites for hydroxylation is 2. The smallest absolute Gasteiger partial charge is 0.261 e. The normalized spacial score (nSPS) is 11.4. The van der Waals surface area contributed by atoms with Crippen LogP contribution in [0.5, 0.6) is 0 Å². The van der Waals surface area contributed by atoms with Crippen LogP contribution < -0.4 is 4.72 Å². The number of sulfonamides is 1. The maximum Gasteiger partial charge on any atom is 0.261 e. The summed E-state index contributed by atoms with van der Waals surface area (Å²) in [7, 11) is -3.58. The van der Waals surface area contributed by atoms with E-state index in [4.69, 9.17) is 0 Å². The maximum absolute atomic E-state index is 12.5. The van der Waals surface area contributed by atoms with Crippen molar-refractivity contribution in [2.45, 2.75) is 24.1 Å². The van der Waals surface area contributed by atoms with Crippen LogP contribution in [0.2, 0.25) is 0 Å². The lowest BCUT2D eigenvalue weighted by Gasteiger charge is -2.14. The summed E-state index contributed by atoms with van der Waals surface area (Å²) in [6.07, 6.45) is 0. The van der Waals surface area contributed by atoms with Gasteiger partial charge in [-0.25, -0.2) is 8.42 Å². The van der Waals surface area contributed by atoms with Gasteiger partial charge in [0, 0.05) is 9.80 Å². The van der Waals surface area contributed by atoms with Crippen LogP contribution in [0.25, 0.3) is 0 Å². The van der Waals surface area contributed by atoms with Crippen LogP contribution in [0.3, 0.4) is 0 Å². The maximum atomic E-state index is 12.5. The van der Waals surface area contributed by atoms with E-state index in [9.17, 15) is 8.42 Å². The van der Waals surface area contributed by atoms with Gasteiger partial charge in [-0.3, -0.25) is 4.72 Å². The second-order valence-electron chi connectivity index (χ2n) is 4.80. The molecule has 0 fully saturated rings. The number of benzene rings is 2. The molecule has 2 aromatic rings. The standard InChI is InChI=1S/C15H15Br2NO2S/c1-10-7-13(17)8-11(2)15(10)18-21(19,20)14-5-3-12(9-16)4-6-14/h3-8,18H,9H2,1-2H3. The molecule has 21 heavy (non-hydrogen) atoms. The van der Waals surface area contributed by atoms with E-state index in [-0.39, 0.29) is 4.90 Å². The highest BCUT2D eigenvalue weighted by Gasteiger charge is 2.16. The molecule has 3 nitrogen and oxygen atoms in total. The molecule has 2 rings (SSSR count). The molecule has 0 amide bonds. The van der Waals surface area contributed by atoms with Crippen molar-refractivity contribution in [3.8, 4) is 0 Å². The van der Waals surface area contributed by atoms with E-state index in [0.29, 0.717) is 11.0 Å². The van der Waals surface area contributed by atoms with Crippen molar-refractivity contribution in [2.24, 2.45) is 0 Å². The number of hydrogen-bond acceptors (Lipinski definition) is 2. The van der Waals surface area contributed by atoms with E-state index in [1.165, 1.54) is 0 Å². The number of nitrogens with one attached hydrogen (secondary N) is 1. The summed E-state index contributed by atoms with van der Waals surface area (Å²) in [5.74, 6) is 0. The molecule has 0 saturated carbocycles. The van der Waals surface area contributed by atoms with Crippen molar-refractivity contribution in [2.75, 3.05) is 4.72 Å². The van der Waals surface area contributed by atoms with Gasteiger partial charge in [0.25, 0.3) is 10.0 Å². The largest absolute Gasteiger partial charge is 0.279 e. The van der Waals surface area contributed by atoms with Crippen molar-refractivity contribution in [1.82, 2.24) is 0 Å². The molecule has 112 valence electrons. The molecule has 0 aliphatic heterocycles. The highest BCUT2D eigenvalue weighted by molar-refractivity contribution is 9.10. The Balaban J connectivity index is 2.37. The predicted molar refractivity (Wildman–Crippen MR) is 93.5 cm³/mol. The van der Waals surface area contributed by atoms with Gasteiger partial charge in [0.2, 0.25) is 0 Å². The van der Waals surface area contributed by atoms with E-state index in [1.807, 2.05) is 26.0 Å². The van der Waals surface area contributed by atoms with Crippen molar-refractivity contribution >= 4 is 47.6 Å². The fourth-order valence-electron chi connectivity index (χ4n) is 2.02. The summed E-state index contributed by atoms with van der Waals surface area (Å²) in [6.45, 7) is 3.76. The van der Waals surface area contributed by atoms with Gasteiger partial charge in [0.1, 0.15) is 0 Å². The zero-order valence-electron chi connectivity index (χ0n) is 11.7. The van der Waals surface area contributed by atoms with Crippen LogP contribution in [-0.4, -0.2) is 8.42 Å². The van der Waals surface area contributed by atoms with Crippen molar-refractivity contribution in [1.29, 1.82) is 0 Å². The zero-order valence-corrected chi connectivity index (χ0v) is 15.6. The molecular weight excluding hydrogens is 418 g/mol. The predicted octanol–water partition coefficient (Wildman–Crippen LogP) is 4.76. The minimum atomic E-state index is -3.58. The number of anilines is 1. The number of rotatable bonds is 4. The summed E-state index contributed by atoms with van der Waals surface area (Å²) in [5.41, 5.74) is 3.41. The van der Waals surface area contributed by atoms with Gasteiger partial charge in [-0.15, -0.1) is 0 Å². The molecule has 0 heterocycles. The van der Waals surface area contributed by atoms with Crippen molar-refractivity contribution in [3.05, 3.63) is 57.6 Å². The third-order valence-electron chi connectivity index (χ3n) is 3.12. The highest BCUT2D eigenvalue weighted by Crippen LogP contribution is 2.27. The lowest BCUT2D eigenvalue weighted by Crippen LogP contribution is -2.14. The fraction of sp³-hybridized carbons (Fsp3) is 0.200. The van der Waals surface area contributed by atoms with E-state index in [2.05, 4.69) is 36.6 Å². The molecule has 0 atom stereocenters. The van der Waals surface area contributed by atoms with E-state index in [1.54, 1.807) is 24.3 Å². The minimum Gasteiger partial charge on any atom is -0.279 e. The monoisotopic (exact) mass is 431 g/mol. The van der Waals surface area contributed by atoms with Gasteiger partial charge in [-0.05, 0) is 54.8 Å². The second-order valence-corrected chi connectivity index (χ2v) is 7.96. The van der Waals surface area contributed by atoms with Crippen LogP contribution in [-0.2, 0) is 15.4 Å². The van der Waals surface area contributed by atoms with Gasteiger partial charge in [0.05, 0.1) is 10.6 Å². The molecule has 2 aromatic carbocycles. The average Bonchev–Trinajstić information content (AvgIpc) is 2.43. The van der Waals surface area contributed by atoms with Crippen LogP contribution in [0, 0.1) is 13.8 Å². The van der Waals surface area contributed by atoms with Gasteiger partial charge < -0.3 is 0 Å². The van der Waals surface area contributed by atoms with Crippen molar-refractivity contribution < 1.29 is 8.42 Å². The van der Waals surface area contributed by atoms with Crippen LogP contribution in [0.15, 0.2) is 45.8 Å². The number of halogens is 2. The lowest BCUT2D eigenvalue weighted by molar-refractivity contribution is 0.601. The molecular formula is C15H15Br2NO2S. The number of hydrogen-bond donors (Lipinski definition) is 1. The molecule has 6 heteroatoms. The van der Waals surface area contributed by atoms with Gasteiger partial charge in [-0.2, -0.15) is 0 Å². The summed E-state index contributed by atoms with van der Waals surface area (Å²) in [6, 6.07) is 10.6. The minimum absolute atomic E-state index is 0.258. The molecule has 1 N–H and O–H groups in total. The van der Waals surface area contributed by atoms with Gasteiger partial charge in [0.15, 0.2) is 0 Å². The zero-order chi connectivity index (χ0) is 15.6. The molecule has 0 saturated heterocycles. The second kappa shape index (κ2) is 6.50. The Bertz CT molecular complexity index is 733. The summed E-state index contributed by atoms with van der Waals surface area (Å²) < 4.78 is 28.5. The van der Waals surface area contributed by atoms with Crippen LogP contribution in [0.4, 0.5) is 5.69 Å². The van der Waals surface area contributed by atoms with E-state index >= 15 is 0 Å².